The predicted octanol–water partition coefficient (Wildman–Crippen LogP) is 3.02. The zero-order valence-corrected chi connectivity index (χ0v) is 11.2. The average molecular weight is 234 g/mol. The highest BCUT2D eigenvalue weighted by Crippen LogP contribution is 2.44. The molecule has 2 aliphatic rings. The third kappa shape index (κ3) is 2.11. The minimum absolute atomic E-state index is 0.243. The molecular weight excluding hydrogens is 212 g/mol. The van der Waals surface area contributed by atoms with Gasteiger partial charge in [-0.2, -0.15) is 0 Å². The fraction of sp³-hybridized carbons (Fsp3) is 0.667. The Kier molecular flexibility index (Phi) is 3.03. The number of carbonyl (C=O) groups is 1. The lowest BCUT2D eigenvalue weighted by Crippen LogP contribution is -2.19. The van der Waals surface area contributed by atoms with Gasteiger partial charge in [-0.15, -0.1) is 0 Å². The van der Waals surface area contributed by atoms with Crippen molar-refractivity contribution in [3.8, 4) is 0 Å². The minimum Gasteiger partial charge on any atom is -0.389 e. The van der Waals surface area contributed by atoms with Crippen LogP contribution < -0.4 is 0 Å². The molecule has 0 aromatic rings. The largest absolute Gasteiger partial charge is 0.389 e. The Morgan fingerprint density at radius 1 is 1.35 bits per heavy atom. The fourth-order valence-electron chi connectivity index (χ4n) is 2.89. The first-order valence-electron chi connectivity index (χ1n) is 6.47. The molecule has 0 aliphatic heterocycles. The van der Waals surface area contributed by atoms with Crippen LogP contribution in [0.2, 0.25) is 0 Å². The third-order valence-corrected chi connectivity index (χ3v) is 4.20. The molecule has 0 bridgehead atoms. The van der Waals surface area contributed by atoms with E-state index in [1.807, 2.05) is 26.8 Å². The molecule has 2 heteroatoms. The molecule has 2 rings (SSSR count). The summed E-state index contributed by atoms with van der Waals surface area (Å²) in [6, 6.07) is 0. The molecule has 17 heavy (non-hydrogen) atoms. The molecule has 0 heterocycles. The van der Waals surface area contributed by atoms with E-state index < -0.39 is 0 Å². The van der Waals surface area contributed by atoms with Crippen LogP contribution in [0.15, 0.2) is 22.8 Å². The number of allylic oxidation sites excluding steroid dienone is 3. The number of carbonyl (C=O) groups excluding carboxylic acids is 1. The zero-order valence-electron chi connectivity index (χ0n) is 11.2. The standard InChI is InChI=1S/C15H22O2/c1-9-5-6-13(16)10(2)7-11-12(9)8-15(3,4)14(11)17/h7,9,13,16H,5-6,8H2,1-4H3/t9-,13+/m1/s1. The van der Waals surface area contributed by atoms with E-state index >= 15 is 0 Å². The van der Waals surface area contributed by atoms with Gasteiger partial charge in [0.05, 0.1) is 6.10 Å². The topological polar surface area (TPSA) is 37.3 Å². The van der Waals surface area contributed by atoms with E-state index in [-0.39, 0.29) is 17.3 Å². The molecule has 0 saturated heterocycles. The number of aliphatic hydroxyl groups is 1. The molecule has 0 fully saturated rings. The lowest BCUT2D eigenvalue weighted by molar-refractivity contribution is -0.121. The van der Waals surface area contributed by atoms with Crippen LogP contribution in [0.3, 0.4) is 0 Å². The Morgan fingerprint density at radius 3 is 2.65 bits per heavy atom. The normalized spacial score (nSPS) is 33.0. The van der Waals surface area contributed by atoms with Crippen molar-refractivity contribution in [2.75, 3.05) is 0 Å². The van der Waals surface area contributed by atoms with Gasteiger partial charge in [-0.25, -0.2) is 0 Å². The van der Waals surface area contributed by atoms with Crippen molar-refractivity contribution in [2.45, 2.75) is 53.1 Å². The first kappa shape index (κ1) is 12.6. The molecule has 2 nitrogen and oxygen atoms in total. The summed E-state index contributed by atoms with van der Waals surface area (Å²) in [4.78, 5) is 12.3. The average Bonchev–Trinajstić information content (AvgIpc) is 2.47. The molecule has 2 aliphatic carbocycles. The van der Waals surface area contributed by atoms with Crippen LogP contribution in [0.4, 0.5) is 0 Å². The minimum atomic E-state index is -0.386. The van der Waals surface area contributed by atoms with Crippen molar-refractivity contribution < 1.29 is 9.90 Å². The molecule has 0 aromatic carbocycles. The van der Waals surface area contributed by atoms with E-state index in [1.165, 1.54) is 5.57 Å². The van der Waals surface area contributed by atoms with E-state index in [2.05, 4.69) is 6.92 Å². The third-order valence-electron chi connectivity index (χ3n) is 4.20. The van der Waals surface area contributed by atoms with Gasteiger partial charge < -0.3 is 5.11 Å². The Morgan fingerprint density at radius 2 is 2.00 bits per heavy atom. The van der Waals surface area contributed by atoms with E-state index in [0.717, 1.165) is 30.4 Å². The van der Waals surface area contributed by atoms with Gasteiger partial charge in [0.15, 0.2) is 5.78 Å². The number of hydrogen-bond donors (Lipinski definition) is 1. The van der Waals surface area contributed by atoms with Crippen molar-refractivity contribution >= 4 is 5.78 Å². The SMILES string of the molecule is CC1=CC2=C(CC(C)(C)C2=O)[C@H](C)CC[C@@H]1O. The number of ketones is 1. The number of hydrogen-bond acceptors (Lipinski definition) is 2. The van der Waals surface area contributed by atoms with Crippen LogP contribution in [-0.2, 0) is 4.79 Å². The molecule has 2 atom stereocenters. The van der Waals surface area contributed by atoms with Crippen molar-refractivity contribution in [3.63, 3.8) is 0 Å². The van der Waals surface area contributed by atoms with Crippen LogP contribution >= 0.6 is 0 Å². The summed E-state index contributed by atoms with van der Waals surface area (Å²) in [7, 11) is 0. The Labute approximate surface area is 103 Å². The smallest absolute Gasteiger partial charge is 0.168 e. The zero-order chi connectivity index (χ0) is 12.8. The molecule has 1 N–H and O–H groups in total. The van der Waals surface area contributed by atoms with Gasteiger partial charge in [-0.05, 0) is 43.8 Å². The van der Waals surface area contributed by atoms with Crippen molar-refractivity contribution in [3.05, 3.63) is 22.8 Å². The van der Waals surface area contributed by atoms with Gasteiger partial charge in [-0.1, -0.05) is 26.3 Å². The quantitative estimate of drug-likeness (QED) is 0.699. The van der Waals surface area contributed by atoms with Gasteiger partial charge in [0.25, 0.3) is 0 Å². The van der Waals surface area contributed by atoms with E-state index in [4.69, 9.17) is 0 Å². The summed E-state index contributed by atoms with van der Waals surface area (Å²) in [6.45, 7) is 8.13. The predicted molar refractivity (Wildman–Crippen MR) is 68.6 cm³/mol. The van der Waals surface area contributed by atoms with Crippen molar-refractivity contribution in [2.24, 2.45) is 11.3 Å². The summed E-state index contributed by atoms with van der Waals surface area (Å²) < 4.78 is 0. The Hall–Kier alpha value is -0.890. The van der Waals surface area contributed by atoms with Gasteiger partial charge in [0.1, 0.15) is 0 Å². The lowest BCUT2D eigenvalue weighted by atomic mass is 9.85. The molecule has 0 aromatic heterocycles. The second-order valence-electron chi connectivity index (χ2n) is 6.21. The molecule has 0 radical (unpaired) electrons. The first-order chi connectivity index (χ1) is 7.83. The van der Waals surface area contributed by atoms with Crippen LogP contribution in [0.1, 0.15) is 47.0 Å². The summed E-state index contributed by atoms with van der Waals surface area (Å²) in [5.74, 6) is 0.655. The van der Waals surface area contributed by atoms with Crippen molar-refractivity contribution in [1.29, 1.82) is 0 Å². The highest BCUT2D eigenvalue weighted by atomic mass is 16.3. The summed E-state index contributed by atoms with van der Waals surface area (Å²) in [5.41, 5.74) is 2.84. The van der Waals surface area contributed by atoms with Gasteiger partial charge in [0.2, 0.25) is 0 Å². The highest BCUT2D eigenvalue weighted by Gasteiger charge is 2.40. The summed E-state index contributed by atoms with van der Waals surface area (Å²) in [6.07, 6.45) is 4.18. The number of rotatable bonds is 0. The van der Waals surface area contributed by atoms with E-state index in [1.54, 1.807) is 0 Å². The van der Waals surface area contributed by atoms with Gasteiger partial charge >= 0.3 is 0 Å². The second kappa shape index (κ2) is 4.09. The van der Waals surface area contributed by atoms with E-state index in [9.17, 15) is 9.90 Å². The summed E-state index contributed by atoms with van der Waals surface area (Å²) in [5, 5.41) is 9.93. The molecule has 0 spiro atoms. The first-order valence-corrected chi connectivity index (χ1v) is 6.47. The summed E-state index contributed by atoms with van der Waals surface area (Å²) >= 11 is 0. The van der Waals surface area contributed by atoms with E-state index in [0.29, 0.717) is 5.92 Å². The second-order valence-corrected chi connectivity index (χ2v) is 6.21. The van der Waals surface area contributed by atoms with Gasteiger partial charge in [0, 0.05) is 11.0 Å². The van der Waals surface area contributed by atoms with Crippen LogP contribution in [-0.4, -0.2) is 17.0 Å². The van der Waals surface area contributed by atoms with Crippen molar-refractivity contribution in [1.82, 2.24) is 0 Å². The maximum Gasteiger partial charge on any atom is 0.168 e. The molecular formula is C15H22O2. The number of aliphatic hydroxyl groups excluding tert-OH is 1. The number of Topliss-reactive ketones (excluding diaryl/α,β-unsaturated/α-hetero) is 1. The maximum atomic E-state index is 12.3. The Balaban J connectivity index is 2.47. The fourth-order valence-corrected chi connectivity index (χ4v) is 2.89. The Bertz CT molecular complexity index is 413. The molecule has 0 saturated carbocycles. The van der Waals surface area contributed by atoms with Crippen LogP contribution in [0.25, 0.3) is 0 Å². The molecule has 0 unspecified atom stereocenters. The monoisotopic (exact) mass is 234 g/mol. The van der Waals surface area contributed by atoms with Crippen LogP contribution in [0, 0.1) is 11.3 Å². The van der Waals surface area contributed by atoms with Crippen LogP contribution in [0.5, 0.6) is 0 Å². The lowest BCUT2D eigenvalue weighted by Gasteiger charge is -2.21. The van der Waals surface area contributed by atoms with Gasteiger partial charge in [-0.3, -0.25) is 4.79 Å². The highest BCUT2D eigenvalue weighted by molar-refractivity contribution is 6.05. The molecule has 94 valence electrons. The maximum absolute atomic E-state index is 12.3. The molecule has 0 amide bonds.